The molecule has 6 heteroatoms. The van der Waals surface area contributed by atoms with Gasteiger partial charge >= 0.3 is 0 Å². The second-order valence-electron chi connectivity index (χ2n) is 23.7. The lowest BCUT2D eigenvalue weighted by atomic mass is 9.85. The smallest absolute Gasteiger partial charge is 0.163 e. The number of amidine groups is 1. The average molecular weight is 1000 g/mol. The van der Waals surface area contributed by atoms with Gasteiger partial charge in [-0.1, -0.05) is 182 Å². The first-order valence-electron chi connectivity index (χ1n) is 28.1. The number of aliphatic imine (C=N–C) groups is 2. The van der Waals surface area contributed by atoms with Crippen LogP contribution >= 0.6 is 11.8 Å². The molecule has 0 aromatic heterocycles. The molecule has 0 aliphatic rings. The zero-order valence-electron chi connectivity index (χ0n) is 49.0. The van der Waals surface area contributed by atoms with Crippen molar-refractivity contribution in [1.82, 2.24) is 0 Å². The molecule has 3 aromatic rings. The quantitative estimate of drug-likeness (QED) is 0.0279. The van der Waals surface area contributed by atoms with Crippen LogP contribution in [0.15, 0.2) is 77.0 Å². The molecule has 5 nitrogen and oxygen atoms in total. The lowest BCUT2D eigenvalue weighted by Gasteiger charge is -2.25. The number of nitrogens with zero attached hydrogens (tertiary/aromatic N) is 2. The van der Waals surface area contributed by atoms with Gasteiger partial charge in [-0.3, -0.25) is 0 Å². The van der Waals surface area contributed by atoms with Crippen molar-refractivity contribution in [3.63, 3.8) is 0 Å². The van der Waals surface area contributed by atoms with Gasteiger partial charge in [0.1, 0.15) is 17.1 Å². The maximum atomic E-state index is 6.90. The van der Waals surface area contributed by atoms with Crippen LogP contribution in [0.4, 0.5) is 0 Å². The molecule has 3 rings (SSSR count). The number of ether oxygens (including phenoxy) is 3. The van der Waals surface area contributed by atoms with Crippen LogP contribution in [0.25, 0.3) is 5.70 Å². The average Bonchev–Trinajstić information content (AvgIpc) is 3.27. The Kier molecular flexibility index (Phi) is 26.3. The number of hydrogen-bond donors (Lipinski definition) is 0. The largest absolute Gasteiger partial charge is 0.493 e. The number of hydrogen-bond acceptors (Lipinski definition) is 5. The van der Waals surface area contributed by atoms with Gasteiger partial charge < -0.3 is 14.2 Å². The second-order valence-corrected chi connectivity index (χ2v) is 25.6. The predicted octanol–water partition coefficient (Wildman–Crippen LogP) is 20.1. The summed E-state index contributed by atoms with van der Waals surface area (Å²) >= 11 is 1.61. The number of aryl methyl sites for hydroxylation is 2. The summed E-state index contributed by atoms with van der Waals surface area (Å²) < 4.78 is 19.7. The minimum atomic E-state index is -0.373. The maximum Gasteiger partial charge on any atom is 0.163 e. The summed E-state index contributed by atoms with van der Waals surface area (Å²) in [4.78, 5) is 11.2. The number of benzene rings is 3. The van der Waals surface area contributed by atoms with Crippen molar-refractivity contribution in [2.45, 2.75) is 250 Å². The van der Waals surface area contributed by atoms with Gasteiger partial charge in [0.2, 0.25) is 0 Å². The van der Waals surface area contributed by atoms with E-state index in [2.05, 4.69) is 160 Å². The Morgan fingerprint density at radius 2 is 1.10 bits per heavy atom. The Morgan fingerprint density at radius 3 is 1.64 bits per heavy atom. The van der Waals surface area contributed by atoms with E-state index in [1.165, 1.54) is 104 Å². The van der Waals surface area contributed by atoms with E-state index in [-0.39, 0.29) is 15.8 Å². The molecule has 0 spiro atoms. The normalized spacial score (nSPS) is 12.6. The van der Waals surface area contributed by atoms with E-state index < -0.39 is 0 Å². The lowest BCUT2D eigenvalue weighted by molar-refractivity contribution is 0.0500. The SMILES string of the molecule is C=C(Cc1c(C(=C)/N=C(\N=C(/C)c2ccc(CCCCCCC)c(C)c2CCCC(C)(C)C)c2ccc(OCCCCCC)c(C)c2OC(=C)SC(C)(C)C)ccc(CCCCCCC)c1C)OC(C)(C)C. The number of thioether (sulfide) groups is 1. The minimum absolute atomic E-state index is 0.113. The molecule has 0 bridgehead atoms. The van der Waals surface area contributed by atoms with Crippen molar-refractivity contribution in [3.8, 4) is 11.5 Å². The van der Waals surface area contributed by atoms with E-state index in [9.17, 15) is 0 Å². The van der Waals surface area contributed by atoms with Gasteiger partial charge in [0.15, 0.2) is 10.9 Å². The fourth-order valence-electron chi connectivity index (χ4n) is 9.49. The van der Waals surface area contributed by atoms with Crippen LogP contribution in [0.5, 0.6) is 11.5 Å². The molecule has 0 N–H and O–H groups in total. The molecule has 0 radical (unpaired) electrons. The molecule has 0 fully saturated rings. The van der Waals surface area contributed by atoms with E-state index >= 15 is 0 Å². The Morgan fingerprint density at radius 1 is 0.569 bits per heavy atom. The van der Waals surface area contributed by atoms with Crippen LogP contribution in [0.2, 0.25) is 0 Å². The van der Waals surface area contributed by atoms with Crippen LogP contribution < -0.4 is 9.47 Å². The van der Waals surface area contributed by atoms with Crippen molar-refractivity contribution in [3.05, 3.63) is 123 Å². The van der Waals surface area contributed by atoms with Gasteiger partial charge in [0.25, 0.3) is 0 Å². The number of allylic oxidation sites excluding steroid dienone is 1. The summed E-state index contributed by atoms with van der Waals surface area (Å²) in [5, 5.41) is 0.605. The summed E-state index contributed by atoms with van der Waals surface area (Å²) in [5.74, 6) is 2.70. The molecule has 0 amide bonds. The van der Waals surface area contributed by atoms with Gasteiger partial charge in [-0.25, -0.2) is 9.98 Å². The van der Waals surface area contributed by atoms with Crippen LogP contribution in [0, 0.1) is 26.2 Å². The Labute approximate surface area is 446 Å². The van der Waals surface area contributed by atoms with Gasteiger partial charge in [-0.05, 0) is 163 Å². The van der Waals surface area contributed by atoms with Crippen molar-refractivity contribution in [2.24, 2.45) is 15.4 Å². The fourth-order valence-corrected chi connectivity index (χ4v) is 10.3. The first-order valence-corrected chi connectivity index (χ1v) is 29.0. The Balaban J connectivity index is 2.42. The van der Waals surface area contributed by atoms with Gasteiger partial charge in [-0.15, -0.1) is 0 Å². The molecule has 0 aliphatic carbocycles. The van der Waals surface area contributed by atoms with E-state index in [1.807, 2.05) is 0 Å². The standard InChI is InChI=1S/C66H102N2O3S/c1-20-23-26-29-31-35-54-38-40-57(56(48(54)5)37-34-44-64(11,12)13)51(8)67-63(59-42-43-61(69-45-33-28-25-22-3)50(7)62(59)70-53(10)72-66(17,18)19)68-52(9)58-41-39-55(36-32-30-27-24-21-2)49(6)60(58)46-47(4)71-65(14,15)16/h38-43H,4,9-10,20-37,44-46H2,1-3,5-8,11-19H3/b67-51+,68-63-. The molecule has 0 unspecified atom stereocenters. The molecular weight excluding hydrogens is 901 g/mol. The zero-order valence-corrected chi connectivity index (χ0v) is 49.8. The van der Waals surface area contributed by atoms with Crippen molar-refractivity contribution in [1.29, 1.82) is 0 Å². The maximum absolute atomic E-state index is 6.90. The molecule has 0 heterocycles. The van der Waals surface area contributed by atoms with Crippen LogP contribution in [0.3, 0.4) is 0 Å². The molecular formula is C66H102N2O3S. The number of unbranched alkanes of at least 4 members (excludes halogenated alkanes) is 11. The van der Waals surface area contributed by atoms with Crippen LogP contribution in [0.1, 0.15) is 248 Å². The third kappa shape index (κ3) is 21.8. The third-order valence-corrected chi connectivity index (χ3v) is 14.3. The molecule has 400 valence electrons. The highest BCUT2D eigenvalue weighted by Crippen LogP contribution is 2.39. The summed E-state index contributed by atoms with van der Waals surface area (Å²) in [6.07, 6.45) is 22.9. The Bertz CT molecular complexity index is 2270. The highest BCUT2D eigenvalue weighted by Gasteiger charge is 2.24. The van der Waals surface area contributed by atoms with Gasteiger partial charge in [-0.2, -0.15) is 0 Å². The summed E-state index contributed by atoms with van der Waals surface area (Å²) in [6, 6.07) is 13.3. The molecule has 3 aromatic carbocycles. The van der Waals surface area contributed by atoms with Gasteiger partial charge in [0.05, 0.1) is 23.6 Å². The first kappa shape index (κ1) is 62.3. The van der Waals surface area contributed by atoms with E-state index in [0.717, 1.165) is 90.8 Å². The summed E-state index contributed by atoms with van der Waals surface area (Å²) in [5.41, 5.74) is 13.2. The predicted molar refractivity (Wildman–Crippen MR) is 319 cm³/mol. The van der Waals surface area contributed by atoms with Crippen molar-refractivity contribution in [2.75, 3.05) is 6.61 Å². The summed E-state index contributed by atoms with van der Waals surface area (Å²) in [7, 11) is 0. The Hall–Kier alpha value is -4.03. The lowest BCUT2D eigenvalue weighted by Crippen LogP contribution is -2.19. The zero-order chi connectivity index (χ0) is 53.6. The molecule has 0 aliphatic heterocycles. The molecule has 0 saturated heterocycles. The minimum Gasteiger partial charge on any atom is -0.493 e. The van der Waals surface area contributed by atoms with Crippen LogP contribution in [-0.2, 0) is 30.4 Å². The molecule has 0 saturated carbocycles. The van der Waals surface area contributed by atoms with Crippen LogP contribution in [-0.4, -0.2) is 28.5 Å². The van der Waals surface area contributed by atoms with Crippen molar-refractivity contribution >= 4 is 29.0 Å². The van der Waals surface area contributed by atoms with Crippen molar-refractivity contribution < 1.29 is 14.2 Å². The number of rotatable bonds is 31. The molecule has 0 atom stereocenters. The second kappa shape index (κ2) is 30.4. The highest BCUT2D eigenvalue weighted by atomic mass is 32.2. The molecule has 72 heavy (non-hydrogen) atoms. The third-order valence-electron chi connectivity index (χ3n) is 13.4. The first-order chi connectivity index (χ1) is 33.9. The topological polar surface area (TPSA) is 52.4 Å². The van der Waals surface area contributed by atoms with Gasteiger partial charge in [0, 0.05) is 28.0 Å². The fraction of sp³-hybridized carbons (Fsp3) is 0.606. The van der Waals surface area contributed by atoms with E-state index in [0.29, 0.717) is 35.4 Å². The monoisotopic (exact) mass is 1000 g/mol. The highest BCUT2D eigenvalue weighted by molar-refractivity contribution is 8.04. The summed E-state index contributed by atoms with van der Waals surface area (Å²) in [6.45, 7) is 49.7. The van der Waals surface area contributed by atoms with E-state index in [4.69, 9.17) is 30.8 Å². The van der Waals surface area contributed by atoms with E-state index in [1.54, 1.807) is 11.8 Å².